The van der Waals surface area contributed by atoms with Crippen molar-refractivity contribution in [3.8, 4) is 17.6 Å². The van der Waals surface area contributed by atoms with Crippen molar-refractivity contribution in [2.24, 2.45) is 5.10 Å². The van der Waals surface area contributed by atoms with Gasteiger partial charge in [0.2, 0.25) is 0 Å². The summed E-state index contributed by atoms with van der Waals surface area (Å²) in [5.74, 6) is -0.500. The minimum absolute atomic E-state index is 0.193. The number of rotatable bonds is 10. The summed E-state index contributed by atoms with van der Waals surface area (Å²) in [5, 5.41) is 19.5. The second-order valence-electron chi connectivity index (χ2n) is 7.66. The largest absolute Gasteiger partial charge is 0.483 e. The lowest BCUT2D eigenvalue weighted by atomic mass is 9.95. The summed E-state index contributed by atoms with van der Waals surface area (Å²) in [4.78, 5) is 25.1. The molecule has 2 aromatic carbocycles. The van der Waals surface area contributed by atoms with E-state index in [2.05, 4.69) is 21.2 Å². The van der Waals surface area contributed by atoms with Crippen molar-refractivity contribution in [3.63, 3.8) is 0 Å². The molecule has 1 amide bonds. The van der Waals surface area contributed by atoms with Crippen LogP contribution in [0.15, 0.2) is 52.8 Å². The highest BCUT2D eigenvalue weighted by Gasteiger charge is 2.32. The predicted molar refractivity (Wildman–Crippen MR) is 146 cm³/mol. The molecule has 0 fully saturated rings. The number of carbonyl (C=O) groups is 2. The number of hydrogen-bond donors (Lipinski definition) is 3. The maximum Gasteiger partial charge on any atom is 0.338 e. The fourth-order valence-electron chi connectivity index (χ4n) is 3.54. The molecule has 198 valence electrons. The van der Waals surface area contributed by atoms with Gasteiger partial charge in [-0.15, -0.1) is 0 Å². The Kier molecular flexibility index (Phi) is 10.3. The minimum atomic E-state index is -0.653. The Bertz CT molecular complexity index is 1340. The average molecular weight is 576 g/mol. The topological polar surface area (TPSA) is 134 Å². The van der Waals surface area contributed by atoms with Gasteiger partial charge in [-0.25, -0.2) is 10.2 Å². The van der Waals surface area contributed by atoms with Crippen LogP contribution in [0.3, 0.4) is 0 Å². The van der Waals surface area contributed by atoms with Gasteiger partial charge in [-0.05, 0) is 44.3 Å². The molecule has 1 aliphatic heterocycles. The number of nitriles is 1. The standard InChI is InChI=1S/C25H23Cl2N5O5S/c1-3-35-24(34)21-14(2)30-25(38)31-22(21)17-6-4-5-7-19(17)37-13-20(33)32-29-12-15-10-16(26)11-18(27)23(15)36-9-8-28/h4-7,10-12,22H,3,9,13H2,1-2H3,(H,32,33)(H2,30,31,38)/t22-/m0/s1. The lowest BCUT2D eigenvalue weighted by Gasteiger charge is -2.30. The number of thiocarbonyl (C=S) groups is 1. The van der Waals surface area contributed by atoms with Crippen molar-refractivity contribution in [1.29, 1.82) is 5.26 Å². The Morgan fingerprint density at radius 3 is 2.76 bits per heavy atom. The molecule has 0 aliphatic carbocycles. The van der Waals surface area contributed by atoms with Crippen molar-refractivity contribution in [1.82, 2.24) is 16.1 Å². The predicted octanol–water partition coefficient (Wildman–Crippen LogP) is 3.78. The first-order chi connectivity index (χ1) is 18.2. The Morgan fingerprint density at radius 1 is 1.26 bits per heavy atom. The molecule has 3 N–H and O–H groups in total. The van der Waals surface area contributed by atoms with Gasteiger partial charge in [0.25, 0.3) is 5.91 Å². The van der Waals surface area contributed by atoms with Gasteiger partial charge < -0.3 is 24.8 Å². The molecule has 0 saturated carbocycles. The molecular formula is C25H23Cl2N5O5S. The Labute approximate surface area is 234 Å². The first-order valence-corrected chi connectivity index (χ1v) is 12.4. The second kappa shape index (κ2) is 13.6. The number of esters is 1. The van der Waals surface area contributed by atoms with E-state index in [1.165, 1.54) is 18.3 Å². The number of benzene rings is 2. The fourth-order valence-corrected chi connectivity index (χ4v) is 4.37. The summed E-state index contributed by atoms with van der Waals surface area (Å²) in [5.41, 5.74) is 4.20. The van der Waals surface area contributed by atoms with Gasteiger partial charge >= 0.3 is 5.97 Å². The Balaban J connectivity index is 1.73. The molecule has 0 aromatic heterocycles. The summed E-state index contributed by atoms with van der Waals surface area (Å²) >= 11 is 17.5. The first-order valence-electron chi connectivity index (χ1n) is 11.2. The number of carbonyl (C=O) groups excluding carboxylic acids is 2. The maximum absolute atomic E-state index is 12.7. The monoisotopic (exact) mass is 575 g/mol. The van der Waals surface area contributed by atoms with E-state index in [4.69, 9.17) is 54.9 Å². The zero-order valence-electron chi connectivity index (χ0n) is 20.3. The first kappa shape index (κ1) is 28.7. The third kappa shape index (κ3) is 7.35. The van der Waals surface area contributed by atoms with Gasteiger partial charge in [0.15, 0.2) is 18.3 Å². The van der Waals surface area contributed by atoms with Crippen LogP contribution in [0, 0.1) is 11.3 Å². The van der Waals surface area contributed by atoms with E-state index in [1.54, 1.807) is 38.1 Å². The SMILES string of the molecule is CCOC(=O)C1=C(C)NC(=S)N[C@H]1c1ccccc1OCC(=O)NN=Cc1cc(Cl)cc(Cl)c1OCC#N. The third-order valence-corrected chi connectivity index (χ3v) is 5.78. The molecule has 1 heterocycles. The lowest BCUT2D eigenvalue weighted by molar-refractivity contribution is -0.139. The van der Waals surface area contributed by atoms with Gasteiger partial charge in [0.05, 0.1) is 29.5 Å². The van der Waals surface area contributed by atoms with Crippen LogP contribution in [0.2, 0.25) is 10.0 Å². The van der Waals surface area contributed by atoms with Gasteiger partial charge in [-0.1, -0.05) is 41.4 Å². The number of amides is 1. The minimum Gasteiger partial charge on any atom is -0.483 e. The van der Waals surface area contributed by atoms with E-state index in [1.807, 2.05) is 6.07 Å². The van der Waals surface area contributed by atoms with Crippen molar-refractivity contribution >= 4 is 58.6 Å². The van der Waals surface area contributed by atoms with E-state index in [0.29, 0.717) is 38.3 Å². The molecule has 1 atom stereocenters. The Hall–Kier alpha value is -3.85. The number of allylic oxidation sites excluding steroid dienone is 1. The normalized spacial score (nSPS) is 14.8. The summed E-state index contributed by atoms with van der Waals surface area (Å²) in [6, 6.07) is 11.1. The van der Waals surface area contributed by atoms with E-state index >= 15 is 0 Å². The van der Waals surface area contributed by atoms with E-state index in [-0.39, 0.29) is 30.6 Å². The summed E-state index contributed by atoms with van der Waals surface area (Å²) in [7, 11) is 0. The molecule has 38 heavy (non-hydrogen) atoms. The number of para-hydroxylation sites is 1. The fraction of sp³-hybridized carbons (Fsp3) is 0.240. The number of nitrogens with zero attached hydrogens (tertiary/aromatic N) is 2. The number of hydrazone groups is 1. The van der Waals surface area contributed by atoms with Crippen LogP contribution in [0.1, 0.15) is 31.0 Å². The molecule has 10 nitrogen and oxygen atoms in total. The van der Waals surface area contributed by atoms with Crippen molar-refractivity contribution in [2.75, 3.05) is 19.8 Å². The zero-order valence-corrected chi connectivity index (χ0v) is 22.7. The highest BCUT2D eigenvalue weighted by atomic mass is 35.5. The molecule has 0 saturated heterocycles. The van der Waals surface area contributed by atoms with Crippen molar-refractivity contribution in [3.05, 3.63) is 68.8 Å². The number of nitrogens with one attached hydrogen (secondary N) is 3. The van der Waals surface area contributed by atoms with Gasteiger partial charge in [0, 0.05) is 21.8 Å². The quantitative estimate of drug-likeness (QED) is 0.167. The molecule has 0 unspecified atom stereocenters. The number of hydrogen-bond acceptors (Lipinski definition) is 8. The highest BCUT2D eigenvalue weighted by molar-refractivity contribution is 7.80. The molecule has 0 radical (unpaired) electrons. The summed E-state index contributed by atoms with van der Waals surface area (Å²) < 4.78 is 16.3. The molecule has 1 aliphatic rings. The van der Waals surface area contributed by atoms with Crippen LogP contribution in [-0.2, 0) is 14.3 Å². The molecule has 13 heteroatoms. The smallest absolute Gasteiger partial charge is 0.338 e. The zero-order chi connectivity index (χ0) is 27.7. The molecule has 0 spiro atoms. The van der Waals surface area contributed by atoms with Crippen LogP contribution >= 0.6 is 35.4 Å². The van der Waals surface area contributed by atoms with Crippen LogP contribution in [0.5, 0.6) is 11.5 Å². The summed E-state index contributed by atoms with van der Waals surface area (Å²) in [6.45, 7) is 3.04. The van der Waals surface area contributed by atoms with Gasteiger partial charge in [0.1, 0.15) is 17.6 Å². The van der Waals surface area contributed by atoms with Crippen LogP contribution < -0.4 is 25.5 Å². The third-order valence-electron chi connectivity index (χ3n) is 5.06. The van der Waals surface area contributed by atoms with Crippen LogP contribution in [0.4, 0.5) is 0 Å². The molecular weight excluding hydrogens is 553 g/mol. The molecule has 0 bridgehead atoms. The molecule has 2 aromatic rings. The second-order valence-corrected chi connectivity index (χ2v) is 8.91. The number of halogens is 2. The lowest BCUT2D eigenvalue weighted by Crippen LogP contribution is -2.45. The van der Waals surface area contributed by atoms with E-state index < -0.39 is 17.9 Å². The summed E-state index contributed by atoms with van der Waals surface area (Å²) in [6.07, 6.45) is 1.29. The van der Waals surface area contributed by atoms with E-state index in [0.717, 1.165) is 0 Å². The maximum atomic E-state index is 12.7. The van der Waals surface area contributed by atoms with Crippen molar-refractivity contribution in [2.45, 2.75) is 19.9 Å². The number of ether oxygens (including phenoxy) is 3. The van der Waals surface area contributed by atoms with Crippen LogP contribution in [-0.4, -0.2) is 43.0 Å². The van der Waals surface area contributed by atoms with Gasteiger partial charge in [-0.2, -0.15) is 10.4 Å². The Morgan fingerprint density at radius 2 is 2.03 bits per heavy atom. The van der Waals surface area contributed by atoms with E-state index in [9.17, 15) is 9.59 Å². The van der Waals surface area contributed by atoms with Crippen molar-refractivity contribution < 1.29 is 23.8 Å². The van der Waals surface area contributed by atoms with Crippen LogP contribution in [0.25, 0.3) is 0 Å². The average Bonchev–Trinajstić information content (AvgIpc) is 2.86. The highest BCUT2D eigenvalue weighted by Crippen LogP contribution is 2.34. The molecule has 3 rings (SSSR count). The van der Waals surface area contributed by atoms with Gasteiger partial charge in [-0.3, -0.25) is 4.79 Å².